The molecule has 0 saturated carbocycles. The second kappa shape index (κ2) is 10.8. The topological polar surface area (TPSA) is 0 Å². The van der Waals surface area contributed by atoms with Gasteiger partial charge in [-0.25, -0.2) is 12.2 Å². The molecule has 1 unspecified atom stereocenters. The molecule has 2 aromatic carbocycles. The third-order valence-corrected chi connectivity index (χ3v) is 11.9. The Hall–Kier alpha value is -0.569. The van der Waals surface area contributed by atoms with E-state index in [9.17, 15) is 0 Å². The van der Waals surface area contributed by atoms with Crippen LogP contribution >= 0.6 is 0 Å². The Balaban J connectivity index is 0.000000402. The van der Waals surface area contributed by atoms with Gasteiger partial charge in [0.05, 0.1) is 8.07 Å². The van der Waals surface area contributed by atoms with Crippen molar-refractivity contribution in [1.29, 1.82) is 0 Å². The molecule has 3 aliphatic rings. The predicted octanol–water partition coefficient (Wildman–Crippen LogP) is 0.322. The Labute approximate surface area is 192 Å². The summed E-state index contributed by atoms with van der Waals surface area (Å²) in [4.78, 5) is 0. The van der Waals surface area contributed by atoms with Crippen LogP contribution in [0.4, 0.5) is 0 Å². The molecular formula is C23H24Cl2SiTi. The number of halogens is 2. The molecule has 2 aromatic rings. The summed E-state index contributed by atoms with van der Waals surface area (Å²) in [6.45, 7) is 2.43. The van der Waals surface area contributed by atoms with E-state index in [0.717, 1.165) is 12.0 Å². The summed E-state index contributed by atoms with van der Waals surface area (Å²) in [5.74, 6) is 0. The maximum Gasteiger partial charge on any atom is 4.00 e. The van der Waals surface area contributed by atoms with E-state index >= 15 is 0 Å². The molecule has 1 fully saturated rings. The van der Waals surface area contributed by atoms with Gasteiger partial charge in [0.15, 0.2) is 0 Å². The molecule has 2 aliphatic carbocycles. The second-order valence-electron chi connectivity index (χ2n) is 7.09. The minimum absolute atomic E-state index is 0. The maximum absolute atomic E-state index is 3.59. The molecule has 1 saturated heterocycles. The Morgan fingerprint density at radius 1 is 1.04 bits per heavy atom. The first-order valence-electron chi connectivity index (χ1n) is 9.17. The number of fused-ring (bicyclic) bond motifs is 3. The average molecular weight is 447 g/mol. The van der Waals surface area contributed by atoms with Gasteiger partial charge < -0.3 is 24.8 Å². The second-order valence-corrected chi connectivity index (χ2v) is 12.1. The van der Waals surface area contributed by atoms with E-state index in [0.29, 0.717) is 0 Å². The maximum atomic E-state index is 3.59. The monoisotopic (exact) mass is 446 g/mol. The van der Waals surface area contributed by atoms with Gasteiger partial charge in [-0.15, -0.1) is 17.5 Å². The SMILES string of the molecule is CC[Si]1(C2c3[c-]cccc3-c3ccccc32)CCC1.[C-]1=CC=CC1.[Cl-].[Cl-].[Ti+4]. The van der Waals surface area contributed by atoms with Crippen molar-refractivity contribution in [2.45, 2.75) is 43.4 Å². The van der Waals surface area contributed by atoms with Crippen LogP contribution in [0.2, 0.25) is 18.1 Å². The van der Waals surface area contributed by atoms with E-state index in [4.69, 9.17) is 0 Å². The molecule has 5 rings (SSSR count). The summed E-state index contributed by atoms with van der Waals surface area (Å²) in [7, 11) is -1.12. The summed E-state index contributed by atoms with van der Waals surface area (Å²) in [5, 5.41) is 0. The molecule has 4 heteroatoms. The molecule has 0 spiro atoms. The molecule has 138 valence electrons. The average Bonchev–Trinajstić information content (AvgIpc) is 3.26. The summed E-state index contributed by atoms with van der Waals surface area (Å²) < 4.78 is 0. The van der Waals surface area contributed by atoms with Crippen LogP contribution in [-0.4, -0.2) is 8.07 Å². The van der Waals surface area contributed by atoms with Crippen molar-refractivity contribution in [2.24, 2.45) is 0 Å². The zero-order chi connectivity index (χ0) is 16.4. The number of hydrogen-bond donors (Lipinski definition) is 0. The molecule has 1 atom stereocenters. The first-order valence-corrected chi connectivity index (χ1v) is 11.9. The molecule has 0 amide bonds. The van der Waals surface area contributed by atoms with Crippen molar-refractivity contribution in [1.82, 2.24) is 0 Å². The molecule has 0 nitrogen and oxygen atoms in total. The van der Waals surface area contributed by atoms with Crippen molar-refractivity contribution in [3.05, 3.63) is 84.0 Å². The molecule has 27 heavy (non-hydrogen) atoms. The van der Waals surface area contributed by atoms with Gasteiger partial charge in [0.2, 0.25) is 0 Å². The fourth-order valence-electron chi connectivity index (χ4n) is 4.53. The van der Waals surface area contributed by atoms with Crippen molar-refractivity contribution in [3.63, 3.8) is 0 Å². The standard InChI is InChI=1S/C18H19Si.C5H5.2ClH.Ti/c1-2-19(12-7-13-19)18-16-10-5-3-8-14(16)15-9-4-6-11-17(15)18;1-2-4-5-3-1;;;/h3-6,8-10,18H,2,7,12-13H2,1H3;1-3H,4H2;2*1H;/q2*-1;;;+4/p-2. The summed E-state index contributed by atoms with van der Waals surface area (Å²) in [6, 6.07) is 23.7. The molecule has 0 bridgehead atoms. The fraction of sp³-hybridized carbons (Fsp3) is 0.304. The Morgan fingerprint density at radius 3 is 2.33 bits per heavy atom. The zero-order valence-electron chi connectivity index (χ0n) is 15.6. The first-order chi connectivity index (χ1) is 11.9. The van der Waals surface area contributed by atoms with Crippen LogP contribution in [0.3, 0.4) is 0 Å². The van der Waals surface area contributed by atoms with Crippen molar-refractivity contribution >= 4 is 8.07 Å². The summed E-state index contributed by atoms with van der Waals surface area (Å²) in [5.41, 5.74) is 6.77. The minimum Gasteiger partial charge on any atom is -1.00 e. The van der Waals surface area contributed by atoms with Gasteiger partial charge in [-0.3, -0.25) is 6.08 Å². The van der Waals surface area contributed by atoms with Gasteiger partial charge in [-0.2, -0.15) is 30.3 Å². The zero-order valence-corrected chi connectivity index (χ0v) is 19.7. The normalized spacial score (nSPS) is 19.1. The van der Waals surface area contributed by atoms with Gasteiger partial charge in [0, 0.05) is 0 Å². The van der Waals surface area contributed by atoms with Crippen LogP contribution in [-0.2, 0) is 21.7 Å². The van der Waals surface area contributed by atoms with E-state index in [1.807, 2.05) is 12.2 Å². The van der Waals surface area contributed by atoms with Gasteiger partial charge >= 0.3 is 21.7 Å². The van der Waals surface area contributed by atoms with Gasteiger partial charge in [-0.05, 0) is 11.1 Å². The van der Waals surface area contributed by atoms with Crippen molar-refractivity contribution in [3.8, 4) is 11.1 Å². The van der Waals surface area contributed by atoms with E-state index in [1.165, 1.54) is 41.2 Å². The van der Waals surface area contributed by atoms with Gasteiger partial charge in [-0.1, -0.05) is 61.3 Å². The smallest absolute Gasteiger partial charge is 1.00 e. The number of rotatable bonds is 2. The van der Waals surface area contributed by atoms with E-state index in [2.05, 4.69) is 67.6 Å². The van der Waals surface area contributed by atoms with E-state index < -0.39 is 8.07 Å². The molecule has 0 N–H and O–H groups in total. The molecule has 0 radical (unpaired) electrons. The van der Waals surface area contributed by atoms with Gasteiger partial charge in [0.25, 0.3) is 0 Å². The van der Waals surface area contributed by atoms with Crippen molar-refractivity contribution < 1.29 is 46.5 Å². The Morgan fingerprint density at radius 2 is 1.78 bits per heavy atom. The van der Waals surface area contributed by atoms with E-state index in [1.54, 1.807) is 5.56 Å². The Bertz CT molecular complexity index is 735. The third kappa shape index (κ3) is 4.54. The Kier molecular flexibility index (Phi) is 9.82. The molecular weight excluding hydrogens is 423 g/mol. The fourth-order valence-corrected chi connectivity index (χ4v) is 9.24. The van der Waals surface area contributed by atoms with Crippen LogP contribution in [0, 0.1) is 12.1 Å². The number of benzene rings is 2. The molecule has 0 aromatic heterocycles. The third-order valence-electron chi connectivity index (χ3n) is 5.99. The van der Waals surface area contributed by atoms with Crippen LogP contribution in [0.5, 0.6) is 0 Å². The predicted molar refractivity (Wildman–Crippen MR) is 105 cm³/mol. The largest absolute Gasteiger partial charge is 4.00 e. The quantitative estimate of drug-likeness (QED) is 0.460. The summed E-state index contributed by atoms with van der Waals surface area (Å²) in [6.07, 6.45) is 11.5. The minimum atomic E-state index is -1.12. The van der Waals surface area contributed by atoms with Crippen LogP contribution in [0.15, 0.2) is 60.7 Å². The number of hydrogen-bond acceptors (Lipinski definition) is 0. The molecule has 1 aliphatic heterocycles. The van der Waals surface area contributed by atoms with E-state index in [-0.39, 0.29) is 46.5 Å². The first kappa shape index (κ1) is 24.5. The van der Waals surface area contributed by atoms with Crippen molar-refractivity contribution in [2.75, 3.05) is 0 Å². The number of allylic oxidation sites excluding steroid dienone is 4. The summed E-state index contributed by atoms with van der Waals surface area (Å²) >= 11 is 0. The molecule has 1 heterocycles. The van der Waals surface area contributed by atoms with Crippen LogP contribution in [0.25, 0.3) is 11.1 Å². The van der Waals surface area contributed by atoms with Gasteiger partial charge in [0.1, 0.15) is 0 Å². The van der Waals surface area contributed by atoms with Crippen LogP contribution in [0.1, 0.15) is 36.4 Å². The van der Waals surface area contributed by atoms with Crippen LogP contribution < -0.4 is 24.8 Å².